The molecule has 0 N–H and O–H groups in total. The van der Waals surface area contributed by atoms with Gasteiger partial charge in [0.25, 0.3) is 0 Å². The largest absolute Gasteiger partial charge is 0.462 e. The zero-order valence-corrected chi connectivity index (χ0v) is 53.7. The molecule has 6 nitrogen and oxygen atoms in total. The lowest BCUT2D eigenvalue weighted by molar-refractivity contribution is -0.167. The van der Waals surface area contributed by atoms with E-state index in [4.69, 9.17) is 14.2 Å². The molecule has 0 spiro atoms. The van der Waals surface area contributed by atoms with Crippen molar-refractivity contribution >= 4 is 17.9 Å². The van der Waals surface area contributed by atoms with Gasteiger partial charge in [-0.05, 0) is 135 Å². The van der Waals surface area contributed by atoms with Gasteiger partial charge >= 0.3 is 17.9 Å². The molecule has 6 heteroatoms. The van der Waals surface area contributed by atoms with Crippen LogP contribution < -0.4 is 0 Å². The van der Waals surface area contributed by atoms with Gasteiger partial charge in [0.2, 0.25) is 0 Å². The molecule has 0 saturated heterocycles. The molecule has 1 atom stereocenters. The number of esters is 3. The Kier molecular flexibility index (Phi) is 65.8. The summed E-state index contributed by atoms with van der Waals surface area (Å²) in [7, 11) is 0. The van der Waals surface area contributed by atoms with E-state index in [2.05, 4.69) is 142 Å². The highest BCUT2D eigenvalue weighted by molar-refractivity contribution is 5.71. The van der Waals surface area contributed by atoms with Gasteiger partial charge < -0.3 is 14.2 Å². The number of hydrogen-bond acceptors (Lipinski definition) is 6. The van der Waals surface area contributed by atoms with Gasteiger partial charge in [0.1, 0.15) is 13.2 Å². The maximum Gasteiger partial charge on any atom is 0.306 e. The Balaban J connectivity index is 4.42. The molecule has 0 aromatic rings. The predicted molar refractivity (Wildman–Crippen MR) is 357 cm³/mol. The number of unbranched alkanes of at least 4 members (excludes halogenated alkanes) is 31. The Morgan fingerprint density at radius 1 is 0.256 bits per heavy atom. The molecule has 468 valence electrons. The summed E-state index contributed by atoms with van der Waals surface area (Å²) in [6.45, 7) is 6.52. The van der Waals surface area contributed by atoms with Gasteiger partial charge in [-0.2, -0.15) is 0 Å². The van der Waals surface area contributed by atoms with Crippen LogP contribution in [0.25, 0.3) is 0 Å². The Hall–Kier alpha value is -4.19. The highest BCUT2D eigenvalue weighted by atomic mass is 16.6. The fourth-order valence-electron chi connectivity index (χ4n) is 9.51. The SMILES string of the molecule is CC/C=C\C/C=C\C/C=C\C/C=C\C/C=C\C/C=C\C/C=C\C/C=C\CCCCCCC(=O)OCC(COC(=O)CCCCCCCCC/C=C\CCCCCCCC)OC(=O)CCCCCCCCC/C=C\CCCCCCCCC. The summed E-state index contributed by atoms with van der Waals surface area (Å²) >= 11 is 0. The van der Waals surface area contributed by atoms with Crippen molar-refractivity contribution in [2.75, 3.05) is 13.2 Å². The van der Waals surface area contributed by atoms with Crippen molar-refractivity contribution in [3.63, 3.8) is 0 Å². The fourth-order valence-corrected chi connectivity index (χ4v) is 9.51. The van der Waals surface area contributed by atoms with Crippen LogP contribution >= 0.6 is 0 Å². The molecule has 0 radical (unpaired) electrons. The molecule has 0 aliphatic heterocycles. The summed E-state index contributed by atoms with van der Waals surface area (Å²) in [5.74, 6) is -0.916. The lowest BCUT2D eigenvalue weighted by Crippen LogP contribution is -2.30. The number of allylic oxidation sites excluding steroid dienone is 20. The van der Waals surface area contributed by atoms with Crippen molar-refractivity contribution in [3.05, 3.63) is 122 Å². The maximum absolute atomic E-state index is 12.9. The van der Waals surface area contributed by atoms with Crippen molar-refractivity contribution in [3.8, 4) is 0 Å². The van der Waals surface area contributed by atoms with Crippen molar-refractivity contribution < 1.29 is 28.6 Å². The Bertz CT molecular complexity index is 1690. The molecule has 0 aliphatic carbocycles. The molecule has 0 aromatic heterocycles. The van der Waals surface area contributed by atoms with Crippen LogP contribution in [-0.4, -0.2) is 37.2 Å². The van der Waals surface area contributed by atoms with Crippen LogP contribution in [0.5, 0.6) is 0 Å². The van der Waals surface area contributed by atoms with Crippen molar-refractivity contribution in [2.24, 2.45) is 0 Å². The second kappa shape index (κ2) is 69.3. The van der Waals surface area contributed by atoms with Crippen LogP contribution in [0, 0.1) is 0 Å². The number of ether oxygens (including phenoxy) is 3. The maximum atomic E-state index is 12.9. The van der Waals surface area contributed by atoms with Gasteiger partial charge in [0.15, 0.2) is 6.10 Å². The average molecular weight is 1140 g/mol. The number of carbonyl (C=O) groups is 3. The highest BCUT2D eigenvalue weighted by Crippen LogP contribution is 2.16. The molecule has 1 unspecified atom stereocenters. The van der Waals surface area contributed by atoms with Gasteiger partial charge in [-0.25, -0.2) is 0 Å². The molecule has 0 rings (SSSR count). The van der Waals surface area contributed by atoms with Crippen LogP contribution in [0.2, 0.25) is 0 Å². The molecule has 0 fully saturated rings. The van der Waals surface area contributed by atoms with Gasteiger partial charge in [-0.15, -0.1) is 0 Å². The van der Waals surface area contributed by atoms with E-state index in [1.54, 1.807) is 0 Å². The third kappa shape index (κ3) is 66.6. The van der Waals surface area contributed by atoms with E-state index in [1.807, 2.05) is 0 Å². The Labute approximate surface area is 507 Å². The van der Waals surface area contributed by atoms with Crippen molar-refractivity contribution in [1.82, 2.24) is 0 Å². The molecule has 0 saturated carbocycles. The lowest BCUT2D eigenvalue weighted by atomic mass is 10.1. The molecule has 0 amide bonds. The van der Waals surface area contributed by atoms with Gasteiger partial charge in [-0.1, -0.05) is 290 Å². The van der Waals surface area contributed by atoms with E-state index < -0.39 is 6.10 Å². The van der Waals surface area contributed by atoms with Crippen LogP contribution in [0.3, 0.4) is 0 Å². The van der Waals surface area contributed by atoms with E-state index in [9.17, 15) is 14.4 Å². The zero-order valence-electron chi connectivity index (χ0n) is 53.7. The molecule has 0 aromatic carbocycles. The number of hydrogen-bond donors (Lipinski definition) is 0. The van der Waals surface area contributed by atoms with Crippen LogP contribution in [0.15, 0.2) is 122 Å². The molecule has 0 bridgehead atoms. The van der Waals surface area contributed by atoms with Crippen molar-refractivity contribution in [2.45, 2.75) is 329 Å². The first-order valence-corrected chi connectivity index (χ1v) is 34.5. The summed E-state index contributed by atoms with van der Waals surface area (Å²) in [6, 6.07) is 0. The molecule has 0 aliphatic rings. The molecular weight excluding hydrogens is 1010 g/mol. The second-order valence-electron chi connectivity index (χ2n) is 22.7. The average Bonchev–Trinajstić information content (AvgIpc) is 3.47. The van der Waals surface area contributed by atoms with Crippen LogP contribution in [0.1, 0.15) is 323 Å². The highest BCUT2D eigenvalue weighted by Gasteiger charge is 2.19. The topological polar surface area (TPSA) is 78.9 Å². The molecular formula is C76H128O6. The first kappa shape index (κ1) is 77.8. The number of rotatable bonds is 62. The monoisotopic (exact) mass is 1140 g/mol. The summed E-state index contributed by atoms with van der Waals surface area (Å²) < 4.78 is 17.0. The zero-order chi connectivity index (χ0) is 59.2. The van der Waals surface area contributed by atoms with Crippen LogP contribution in [0.4, 0.5) is 0 Å². The predicted octanol–water partition coefficient (Wildman–Crippen LogP) is 23.9. The van der Waals surface area contributed by atoms with E-state index in [0.29, 0.717) is 19.3 Å². The third-order valence-corrected chi connectivity index (χ3v) is 14.7. The number of carbonyl (C=O) groups excluding carboxylic acids is 3. The first-order chi connectivity index (χ1) is 40.5. The summed E-state index contributed by atoms with van der Waals surface area (Å²) in [6.07, 6.45) is 96.3. The quantitative estimate of drug-likeness (QED) is 0.0261. The van der Waals surface area contributed by atoms with E-state index in [-0.39, 0.29) is 31.1 Å². The third-order valence-electron chi connectivity index (χ3n) is 14.7. The summed E-state index contributed by atoms with van der Waals surface area (Å²) in [4.78, 5) is 38.4. The normalized spacial score (nSPS) is 12.9. The minimum absolute atomic E-state index is 0.0909. The van der Waals surface area contributed by atoms with E-state index in [1.165, 1.54) is 161 Å². The van der Waals surface area contributed by atoms with Gasteiger partial charge in [0, 0.05) is 19.3 Å². The molecule has 0 heterocycles. The van der Waals surface area contributed by atoms with Gasteiger partial charge in [-0.3, -0.25) is 14.4 Å². The van der Waals surface area contributed by atoms with E-state index >= 15 is 0 Å². The second-order valence-corrected chi connectivity index (χ2v) is 22.7. The summed E-state index contributed by atoms with van der Waals surface area (Å²) in [5, 5.41) is 0. The van der Waals surface area contributed by atoms with Gasteiger partial charge in [0.05, 0.1) is 0 Å². The smallest absolute Gasteiger partial charge is 0.306 e. The Morgan fingerprint density at radius 3 is 0.756 bits per heavy atom. The summed E-state index contributed by atoms with van der Waals surface area (Å²) in [5.41, 5.74) is 0. The minimum Gasteiger partial charge on any atom is -0.462 e. The minimum atomic E-state index is -0.798. The van der Waals surface area contributed by atoms with E-state index in [0.717, 1.165) is 122 Å². The Morgan fingerprint density at radius 2 is 0.476 bits per heavy atom. The lowest BCUT2D eigenvalue weighted by Gasteiger charge is -2.18. The first-order valence-electron chi connectivity index (χ1n) is 34.5. The fraction of sp³-hybridized carbons (Fsp3) is 0.697. The molecule has 82 heavy (non-hydrogen) atoms. The standard InChI is InChI=1S/C76H128O6/c1-4-7-10-13-16-19-22-25-28-31-33-34-35-36-37-38-39-40-41-42-43-46-48-51-54-57-60-63-66-69-75(78)81-72-73(71-80-74(77)68-65-62-59-56-53-50-47-44-30-27-24-21-18-15-12-9-6-3)82-76(79)70-67-64-61-58-55-52-49-45-32-29-26-23-20-17-14-11-8-5-2/h7,10,16,19,25,27-30,32-34,36-37,39-40,42-43,48,51,73H,4-6,8-9,11-15,17-18,20-24,26,31,35,38,41,44-47,49-50,52-72H2,1-3H3/b10-7-,19-16-,28-25-,30-27-,32-29-,34-33-,37-36-,40-39-,43-42-,51-48-. The van der Waals surface area contributed by atoms with Crippen molar-refractivity contribution in [1.29, 1.82) is 0 Å². The van der Waals surface area contributed by atoms with Crippen LogP contribution in [-0.2, 0) is 28.6 Å².